The molecule has 0 bridgehead atoms. The van der Waals surface area contributed by atoms with Gasteiger partial charge >= 0.3 is 6.47 Å². The van der Waals surface area contributed by atoms with Gasteiger partial charge < -0.3 is 9.47 Å². The molecule has 0 aliphatic carbocycles. The van der Waals surface area contributed by atoms with E-state index < -0.39 is 0 Å². The van der Waals surface area contributed by atoms with Gasteiger partial charge in [0.25, 0.3) is 0 Å². The lowest BCUT2D eigenvalue weighted by Gasteiger charge is -1.92. The Kier molecular flexibility index (Phi) is 1.45. The number of rotatable bonds is 3. The van der Waals surface area contributed by atoms with Crippen LogP contribution in [0.25, 0.3) is 0 Å². The predicted molar refractivity (Wildman–Crippen MR) is 30.6 cm³/mol. The van der Waals surface area contributed by atoms with E-state index >= 15 is 0 Å². The maximum absolute atomic E-state index is 9.55. The van der Waals surface area contributed by atoms with Gasteiger partial charge in [0, 0.05) is 0 Å². The first-order chi connectivity index (χ1) is 4.17. The lowest BCUT2D eigenvalue weighted by Crippen LogP contribution is -2.09. The van der Waals surface area contributed by atoms with Crippen molar-refractivity contribution >= 4 is 6.47 Å². The van der Waals surface area contributed by atoms with Crippen molar-refractivity contribution in [3.8, 4) is 0 Å². The summed E-state index contributed by atoms with van der Waals surface area (Å²) in [6.07, 6.45) is 0.0824. The summed E-state index contributed by atoms with van der Waals surface area (Å²) in [4.78, 5) is 9.55. The molecule has 0 aromatic heterocycles. The zero-order chi connectivity index (χ0) is 6.91. The van der Waals surface area contributed by atoms with E-state index in [4.69, 9.17) is 4.74 Å². The Morgan fingerprint density at radius 1 is 1.78 bits per heavy atom. The zero-order valence-corrected chi connectivity index (χ0v) is 5.51. The van der Waals surface area contributed by atoms with Crippen molar-refractivity contribution in [3.63, 3.8) is 0 Å². The Labute approximate surface area is 53.9 Å². The van der Waals surface area contributed by atoms with Crippen LogP contribution in [-0.2, 0) is 14.3 Å². The van der Waals surface area contributed by atoms with E-state index in [2.05, 4.69) is 4.74 Å². The summed E-state index contributed by atoms with van der Waals surface area (Å²) in [5.41, 5.74) is -0.0865. The van der Waals surface area contributed by atoms with E-state index in [1.807, 2.05) is 13.8 Å². The lowest BCUT2D eigenvalue weighted by molar-refractivity contribution is 0.233. The van der Waals surface area contributed by atoms with Gasteiger partial charge in [0.15, 0.2) is 0 Å². The molecule has 51 valence electrons. The highest BCUT2D eigenvalue weighted by Gasteiger charge is 2.48. The average molecular weight is 129 g/mol. The fraction of sp³-hybridized carbons (Fsp3) is 0.833. The molecule has 0 N–H and O–H groups in total. The first-order valence-corrected chi connectivity index (χ1v) is 2.83. The first-order valence-electron chi connectivity index (χ1n) is 2.83. The van der Waals surface area contributed by atoms with Gasteiger partial charge in [-0.3, -0.25) is 0 Å². The minimum atomic E-state index is -0.0865. The highest BCUT2D eigenvalue weighted by atomic mass is 16.6. The van der Waals surface area contributed by atoms with Crippen LogP contribution in [0.5, 0.6) is 0 Å². The van der Waals surface area contributed by atoms with Gasteiger partial charge in [-0.1, -0.05) is 0 Å². The van der Waals surface area contributed by atoms with Crippen LogP contribution in [0, 0.1) is 0 Å². The molecule has 1 rings (SSSR count). The van der Waals surface area contributed by atoms with Gasteiger partial charge in [-0.25, -0.2) is 4.79 Å². The Hall–Kier alpha value is -0.570. The third-order valence-corrected chi connectivity index (χ3v) is 1.46. The van der Waals surface area contributed by atoms with Crippen molar-refractivity contribution in [1.29, 1.82) is 0 Å². The minimum absolute atomic E-state index is 0.0824. The second-order valence-electron chi connectivity index (χ2n) is 2.60. The third kappa shape index (κ3) is 1.42. The molecule has 1 radical (unpaired) electrons. The van der Waals surface area contributed by atoms with Gasteiger partial charge in [-0.05, 0) is 13.8 Å². The molecule has 9 heavy (non-hydrogen) atoms. The minimum Gasteiger partial charge on any atom is -0.454 e. The van der Waals surface area contributed by atoms with Gasteiger partial charge in [0.05, 0.1) is 5.60 Å². The molecule has 0 aromatic rings. The van der Waals surface area contributed by atoms with Crippen LogP contribution in [0.1, 0.15) is 13.8 Å². The Balaban J connectivity index is 2.12. The summed E-state index contributed by atoms with van der Waals surface area (Å²) in [6, 6.07) is 0. The van der Waals surface area contributed by atoms with Crippen LogP contribution in [0.4, 0.5) is 0 Å². The van der Waals surface area contributed by atoms with Gasteiger partial charge in [0.1, 0.15) is 12.7 Å². The van der Waals surface area contributed by atoms with Crippen LogP contribution in [0.3, 0.4) is 0 Å². The van der Waals surface area contributed by atoms with Crippen molar-refractivity contribution in [1.82, 2.24) is 0 Å². The van der Waals surface area contributed by atoms with E-state index in [0.717, 1.165) is 0 Å². The topological polar surface area (TPSA) is 38.8 Å². The summed E-state index contributed by atoms with van der Waals surface area (Å²) < 4.78 is 9.46. The molecule has 1 heterocycles. The van der Waals surface area contributed by atoms with Crippen LogP contribution in [-0.4, -0.2) is 24.8 Å². The van der Waals surface area contributed by atoms with Crippen molar-refractivity contribution in [2.75, 3.05) is 6.61 Å². The summed E-state index contributed by atoms with van der Waals surface area (Å²) >= 11 is 0. The van der Waals surface area contributed by atoms with Crippen molar-refractivity contribution in [2.24, 2.45) is 0 Å². The second kappa shape index (κ2) is 1.99. The largest absolute Gasteiger partial charge is 0.454 e. The molecular formula is C6H9O3. The number of hydrogen-bond donors (Lipinski definition) is 0. The van der Waals surface area contributed by atoms with Crippen LogP contribution in [0.2, 0.25) is 0 Å². The third-order valence-electron chi connectivity index (χ3n) is 1.46. The smallest absolute Gasteiger partial charge is 0.417 e. The lowest BCUT2D eigenvalue weighted by atomic mass is 10.1. The van der Waals surface area contributed by atoms with E-state index in [1.54, 1.807) is 0 Å². The molecule has 0 amide bonds. The molecule has 1 fully saturated rings. The molecule has 1 unspecified atom stereocenters. The first kappa shape index (κ1) is 6.55. The maximum Gasteiger partial charge on any atom is 0.417 e. The summed E-state index contributed by atoms with van der Waals surface area (Å²) in [5.74, 6) is 0. The number of ether oxygens (including phenoxy) is 2. The SMILES string of the molecule is CC1(C)OC1CO[C]=O. The van der Waals surface area contributed by atoms with Crippen LogP contribution >= 0.6 is 0 Å². The van der Waals surface area contributed by atoms with E-state index in [1.165, 1.54) is 6.47 Å². The summed E-state index contributed by atoms with van der Waals surface area (Å²) in [7, 11) is 0. The quantitative estimate of drug-likeness (QED) is 0.512. The Bertz CT molecular complexity index is 119. The summed E-state index contributed by atoms with van der Waals surface area (Å²) in [5, 5.41) is 0. The molecule has 1 aliphatic rings. The normalized spacial score (nSPS) is 29.3. The fourth-order valence-electron chi connectivity index (χ4n) is 0.677. The second-order valence-corrected chi connectivity index (χ2v) is 2.60. The molecule has 3 nitrogen and oxygen atoms in total. The molecule has 1 saturated heterocycles. The molecule has 0 saturated carbocycles. The van der Waals surface area contributed by atoms with E-state index in [9.17, 15) is 4.79 Å². The van der Waals surface area contributed by atoms with Crippen molar-refractivity contribution in [2.45, 2.75) is 25.6 Å². The van der Waals surface area contributed by atoms with E-state index in [0.29, 0.717) is 6.61 Å². The molecule has 0 aromatic carbocycles. The fourth-order valence-corrected chi connectivity index (χ4v) is 0.677. The van der Waals surface area contributed by atoms with E-state index in [-0.39, 0.29) is 11.7 Å². The zero-order valence-electron chi connectivity index (χ0n) is 5.51. The van der Waals surface area contributed by atoms with Gasteiger partial charge in [0.2, 0.25) is 0 Å². The molecule has 0 spiro atoms. The Morgan fingerprint density at radius 3 is 2.67 bits per heavy atom. The maximum atomic E-state index is 9.55. The highest BCUT2D eigenvalue weighted by Crippen LogP contribution is 2.34. The molecule has 1 atom stereocenters. The molecule has 1 aliphatic heterocycles. The summed E-state index contributed by atoms with van der Waals surface area (Å²) in [6.45, 7) is 5.58. The monoisotopic (exact) mass is 129 g/mol. The van der Waals surface area contributed by atoms with Gasteiger partial charge in [-0.2, -0.15) is 0 Å². The number of hydrogen-bond acceptors (Lipinski definition) is 3. The Morgan fingerprint density at radius 2 is 2.33 bits per heavy atom. The molecular weight excluding hydrogens is 120 g/mol. The van der Waals surface area contributed by atoms with Crippen LogP contribution in [0.15, 0.2) is 0 Å². The predicted octanol–water partition coefficient (Wildman–Crippen LogP) is 0.248. The number of carbonyl (C=O) groups excluding carboxylic acids is 1. The van der Waals surface area contributed by atoms with Crippen LogP contribution < -0.4 is 0 Å². The highest BCUT2D eigenvalue weighted by molar-refractivity contribution is 5.38. The van der Waals surface area contributed by atoms with Gasteiger partial charge in [-0.15, -0.1) is 0 Å². The van der Waals surface area contributed by atoms with Crippen molar-refractivity contribution < 1.29 is 14.3 Å². The average Bonchev–Trinajstić information content (AvgIpc) is 2.35. The van der Waals surface area contributed by atoms with Crippen molar-refractivity contribution in [3.05, 3.63) is 0 Å². The molecule has 3 heteroatoms. The number of epoxide rings is 1. The standard InChI is InChI=1S/C6H9O3/c1-6(2)5(9-6)3-8-4-7/h5H,3H2,1-2H3.